The molecule has 0 aromatic heterocycles. The number of carbonyl (C=O) groups is 3. The van der Waals surface area contributed by atoms with Crippen molar-refractivity contribution in [2.24, 2.45) is 5.92 Å². The van der Waals surface area contributed by atoms with Gasteiger partial charge in [-0.1, -0.05) is 56.0 Å². The van der Waals surface area contributed by atoms with Gasteiger partial charge in [-0.25, -0.2) is 18.0 Å². The van der Waals surface area contributed by atoms with Crippen molar-refractivity contribution in [3.63, 3.8) is 0 Å². The fraction of sp³-hybridized carbons (Fsp3) is 0.571. The average molecular weight is 455 g/mol. The molecule has 0 spiro atoms. The number of carbonyl (C=O) groups excluding carboxylic acids is 1. The predicted molar refractivity (Wildman–Crippen MR) is 114 cm³/mol. The molecule has 1 heterocycles. The van der Waals surface area contributed by atoms with Gasteiger partial charge in [-0.15, -0.1) is 0 Å². The van der Waals surface area contributed by atoms with Crippen LogP contribution in [0.3, 0.4) is 0 Å². The number of amides is 1. The number of hydrogen-bond donors (Lipinski definition) is 2. The molecule has 1 aromatic carbocycles. The third kappa shape index (κ3) is 8.29. The van der Waals surface area contributed by atoms with Gasteiger partial charge < -0.3 is 15.1 Å². The first-order chi connectivity index (χ1) is 14.7. The zero-order chi connectivity index (χ0) is 22.9. The lowest BCUT2D eigenvalue weighted by Crippen LogP contribution is -2.50. The summed E-state index contributed by atoms with van der Waals surface area (Å²) < 4.78 is 26.6. The highest BCUT2D eigenvalue weighted by Gasteiger charge is 2.29. The average Bonchev–Trinajstić information content (AvgIpc) is 3.26. The second-order valence-electron chi connectivity index (χ2n) is 7.82. The first-order valence-corrected chi connectivity index (χ1v) is 12.1. The van der Waals surface area contributed by atoms with E-state index in [2.05, 4.69) is 0 Å². The number of carboxylic acids is 2. The van der Waals surface area contributed by atoms with Gasteiger partial charge in [0, 0.05) is 32.6 Å². The molecule has 1 aromatic rings. The van der Waals surface area contributed by atoms with E-state index in [9.17, 15) is 13.2 Å². The number of nitrogens with zero attached hydrogens (tertiary/aromatic N) is 2. The monoisotopic (exact) mass is 454 g/mol. The summed E-state index contributed by atoms with van der Waals surface area (Å²) in [6, 6.07) is 9.25. The van der Waals surface area contributed by atoms with Gasteiger partial charge in [-0.3, -0.25) is 4.79 Å². The molecule has 10 heteroatoms. The molecule has 1 aliphatic heterocycles. The maximum atomic E-state index is 12.6. The fourth-order valence-corrected chi connectivity index (χ4v) is 5.39. The van der Waals surface area contributed by atoms with Crippen molar-refractivity contribution < 1.29 is 33.0 Å². The summed E-state index contributed by atoms with van der Waals surface area (Å²) in [5.41, 5.74) is 0.803. The molecule has 9 nitrogen and oxygen atoms in total. The molecule has 0 bridgehead atoms. The van der Waals surface area contributed by atoms with Gasteiger partial charge in [0.2, 0.25) is 15.9 Å². The fourth-order valence-electron chi connectivity index (χ4n) is 3.88. The second-order valence-corrected chi connectivity index (χ2v) is 9.79. The molecule has 2 aliphatic rings. The SMILES string of the molecule is O=C(CCC1CCCC1)N1CCN(S(=O)(=O)Cc2ccccc2)CC1.O=C(O)C(=O)O. The van der Waals surface area contributed by atoms with Gasteiger partial charge in [-0.2, -0.15) is 4.31 Å². The van der Waals surface area contributed by atoms with Crippen molar-refractivity contribution in [3.05, 3.63) is 35.9 Å². The summed E-state index contributed by atoms with van der Waals surface area (Å²) >= 11 is 0. The highest BCUT2D eigenvalue weighted by Crippen LogP contribution is 2.28. The number of carboxylic acid groups (broad SMARTS) is 2. The molecule has 2 fully saturated rings. The maximum absolute atomic E-state index is 12.6. The first-order valence-electron chi connectivity index (χ1n) is 10.4. The summed E-state index contributed by atoms with van der Waals surface area (Å²) in [5.74, 6) is -2.71. The molecule has 31 heavy (non-hydrogen) atoms. The molecule has 1 saturated heterocycles. The van der Waals surface area contributed by atoms with Crippen LogP contribution in [0, 0.1) is 5.92 Å². The van der Waals surface area contributed by atoms with Gasteiger partial charge in [0.05, 0.1) is 5.75 Å². The van der Waals surface area contributed by atoms with E-state index in [0.717, 1.165) is 17.9 Å². The smallest absolute Gasteiger partial charge is 0.414 e. The Hall–Kier alpha value is -2.46. The van der Waals surface area contributed by atoms with Crippen molar-refractivity contribution in [1.29, 1.82) is 0 Å². The number of sulfonamides is 1. The molecule has 0 radical (unpaired) electrons. The molecular formula is C21H30N2O7S. The molecule has 0 atom stereocenters. The Morgan fingerprint density at radius 2 is 1.45 bits per heavy atom. The molecule has 172 valence electrons. The van der Waals surface area contributed by atoms with Crippen molar-refractivity contribution >= 4 is 27.9 Å². The van der Waals surface area contributed by atoms with Crippen LogP contribution >= 0.6 is 0 Å². The number of aliphatic carboxylic acids is 2. The highest BCUT2D eigenvalue weighted by molar-refractivity contribution is 7.88. The molecule has 1 aliphatic carbocycles. The highest BCUT2D eigenvalue weighted by atomic mass is 32.2. The summed E-state index contributed by atoms with van der Waals surface area (Å²) in [6.07, 6.45) is 6.73. The summed E-state index contributed by atoms with van der Waals surface area (Å²) in [5, 5.41) is 14.8. The molecule has 1 amide bonds. The van der Waals surface area contributed by atoms with Crippen LogP contribution in [0.25, 0.3) is 0 Å². The minimum absolute atomic E-state index is 0.0312. The Morgan fingerprint density at radius 1 is 0.903 bits per heavy atom. The molecular weight excluding hydrogens is 424 g/mol. The predicted octanol–water partition coefficient (Wildman–Crippen LogP) is 1.79. The summed E-state index contributed by atoms with van der Waals surface area (Å²) in [6.45, 7) is 1.84. The Kier molecular flexibility index (Phi) is 9.44. The van der Waals surface area contributed by atoms with Crippen LogP contribution < -0.4 is 0 Å². The Balaban J connectivity index is 0.000000501. The van der Waals surface area contributed by atoms with Crippen LogP contribution in [0.2, 0.25) is 0 Å². The topological polar surface area (TPSA) is 132 Å². The number of rotatable bonds is 6. The van der Waals surface area contributed by atoms with Crippen molar-refractivity contribution in [2.75, 3.05) is 26.2 Å². The largest absolute Gasteiger partial charge is 0.473 e. The van der Waals surface area contributed by atoms with Crippen LogP contribution in [0.15, 0.2) is 30.3 Å². The molecule has 1 saturated carbocycles. The molecule has 0 unspecified atom stereocenters. The van der Waals surface area contributed by atoms with E-state index in [-0.39, 0.29) is 11.7 Å². The normalized spacial score (nSPS) is 17.6. The van der Waals surface area contributed by atoms with E-state index >= 15 is 0 Å². The summed E-state index contributed by atoms with van der Waals surface area (Å²) in [7, 11) is -3.32. The van der Waals surface area contributed by atoms with Crippen LogP contribution in [0.1, 0.15) is 44.1 Å². The Bertz CT molecular complexity index is 832. The Morgan fingerprint density at radius 3 is 1.97 bits per heavy atom. The van der Waals surface area contributed by atoms with Crippen LogP contribution in [0.5, 0.6) is 0 Å². The van der Waals surface area contributed by atoms with Gasteiger partial charge in [0.25, 0.3) is 0 Å². The Labute approximate surface area is 182 Å². The number of benzene rings is 1. The maximum Gasteiger partial charge on any atom is 0.414 e. The van der Waals surface area contributed by atoms with Gasteiger partial charge >= 0.3 is 11.9 Å². The van der Waals surface area contributed by atoms with E-state index < -0.39 is 22.0 Å². The lowest BCUT2D eigenvalue weighted by Gasteiger charge is -2.34. The minimum atomic E-state index is -3.32. The zero-order valence-corrected chi connectivity index (χ0v) is 18.3. The number of piperazine rings is 1. The van der Waals surface area contributed by atoms with Crippen LogP contribution in [-0.4, -0.2) is 71.9 Å². The van der Waals surface area contributed by atoms with Crippen LogP contribution in [0.4, 0.5) is 0 Å². The minimum Gasteiger partial charge on any atom is -0.473 e. The zero-order valence-electron chi connectivity index (χ0n) is 17.5. The van der Waals surface area contributed by atoms with E-state index in [1.807, 2.05) is 35.2 Å². The van der Waals surface area contributed by atoms with E-state index in [4.69, 9.17) is 19.8 Å². The van der Waals surface area contributed by atoms with E-state index in [1.165, 1.54) is 30.0 Å². The third-order valence-corrected chi connectivity index (χ3v) is 7.45. The van der Waals surface area contributed by atoms with Gasteiger partial charge in [-0.05, 0) is 17.9 Å². The standard InChI is InChI=1S/C19H28N2O3S.C2H2O4/c22-19(11-10-17-6-4-5-7-17)20-12-14-21(15-13-20)25(23,24)16-18-8-2-1-3-9-18;3-1(4)2(5)6/h1-3,8-9,17H,4-7,10-16H2;(H,3,4)(H,5,6). The van der Waals surface area contributed by atoms with Crippen LogP contribution in [-0.2, 0) is 30.2 Å². The van der Waals surface area contributed by atoms with Gasteiger partial charge in [0.1, 0.15) is 0 Å². The summed E-state index contributed by atoms with van der Waals surface area (Å²) in [4.78, 5) is 32.4. The van der Waals surface area contributed by atoms with Crippen molar-refractivity contribution in [1.82, 2.24) is 9.21 Å². The van der Waals surface area contributed by atoms with E-state index in [0.29, 0.717) is 32.6 Å². The van der Waals surface area contributed by atoms with Crippen molar-refractivity contribution in [2.45, 2.75) is 44.3 Å². The number of hydrogen-bond acceptors (Lipinski definition) is 5. The lowest BCUT2D eigenvalue weighted by atomic mass is 10.0. The lowest BCUT2D eigenvalue weighted by molar-refractivity contribution is -0.159. The first kappa shape index (κ1) is 24.8. The van der Waals surface area contributed by atoms with E-state index in [1.54, 1.807) is 0 Å². The van der Waals surface area contributed by atoms with Crippen molar-refractivity contribution in [3.8, 4) is 0 Å². The van der Waals surface area contributed by atoms with Gasteiger partial charge in [0.15, 0.2) is 0 Å². The molecule has 3 rings (SSSR count). The second kappa shape index (κ2) is 11.8. The third-order valence-electron chi connectivity index (χ3n) is 5.60. The quantitative estimate of drug-likeness (QED) is 0.626. The molecule has 2 N–H and O–H groups in total.